The first-order valence-electron chi connectivity index (χ1n) is 6.94. The van der Waals surface area contributed by atoms with Crippen molar-refractivity contribution >= 4 is 9.53 Å². The molecule has 0 saturated heterocycles. The maximum Gasteiger partial charge on any atom is 0.577 e. The summed E-state index contributed by atoms with van der Waals surface area (Å²) in [7, 11) is 1.08. The molecular weight excluding hydrogens is 344 g/mol. The zero-order valence-corrected chi connectivity index (χ0v) is 14.2. The van der Waals surface area contributed by atoms with Gasteiger partial charge in [0.2, 0.25) is 0 Å². The summed E-state index contributed by atoms with van der Waals surface area (Å²) >= 11 is 0. The van der Waals surface area contributed by atoms with Crippen molar-refractivity contribution in [2.75, 3.05) is 14.2 Å². The molecule has 2 aromatic carbocycles. The van der Waals surface area contributed by atoms with E-state index in [0.717, 1.165) is 5.56 Å². The van der Waals surface area contributed by atoms with Crippen LogP contribution in [0.2, 0.25) is 0 Å². The predicted molar refractivity (Wildman–Crippen MR) is 81.0 cm³/mol. The van der Waals surface area contributed by atoms with E-state index in [-0.39, 0.29) is 17.2 Å². The van der Waals surface area contributed by atoms with Crippen LogP contribution >= 0.6 is 0 Å². The summed E-state index contributed by atoms with van der Waals surface area (Å²) < 4.78 is 69.1. The van der Waals surface area contributed by atoms with Crippen LogP contribution in [0.4, 0.5) is 17.6 Å². The minimum Gasteiger partial charge on any atom is -0.375 e. The van der Waals surface area contributed by atoms with E-state index < -0.39 is 32.8 Å². The van der Waals surface area contributed by atoms with Gasteiger partial charge in [0, 0.05) is 19.8 Å². The monoisotopic (exact) mass is 359 g/mol. The highest BCUT2D eigenvalue weighted by molar-refractivity contribution is 6.36. The molecule has 1 unspecified atom stereocenters. The first-order valence-corrected chi connectivity index (χ1v) is 8.16. The van der Waals surface area contributed by atoms with E-state index in [9.17, 15) is 17.6 Å². The van der Waals surface area contributed by atoms with Gasteiger partial charge in [-0.15, -0.1) is 0 Å². The summed E-state index contributed by atoms with van der Waals surface area (Å²) in [5, 5.41) is 0. The van der Waals surface area contributed by atoms with Crippen molar-refractivity contribution in [3.63, 3.8) is 0 Å². The number of hydrogen-bond donors (Lipinski definition) is 0. The molecule has 24 heavy (non-hydrogen) atoms. The summed E-state index contributed by atoms with van der Waals surface area (Å²) in [6.45, 7) is 1.77. The van der Waals surface area contributed by atoms with Gasteiger partial charge in [-0.2, -0.15) is 0 Å². The van der Waals surface area contributed by atoms with Crippen molar-refractivity contribution in [3.8, 4) is 11.1 Å². The highest BCUT2D eigenvalue weighted by atomic mass is 28.3. The van der Waals surface area contributed by atoms with Crippen LogP contribution in [0.5, 0.6) is 0 Å². The Morgan fingerprint density at radius 1 is 0.875 bits per heavy atom. The second kappa shape index (κ2) is 7.89. The molecule has 1 atom stereocenters. The molecule has 0 saturated carbocycles. The molecule has 0 bridgehead atoms. The third-order valence-electron chi connectivity index (χ3n) is 3.40. The van der Waals surface area contributed by atoms with Gasteiger partial charge in [0.15, 0.2) is 23.3 Å². The van der Waals surface area contributed by atoms with Gasteiger partial charge < -0.3 is 13.3 Å². The molecule has 0 spiro atoms. The Balaban J connectivity index is 2.27. The van der Waals surface area contributed by atoms with Crippen molar-refractivity contribution in [3.05, 3.63) is 59.2 Å². The maximum absolute atomic E-state index is 13.8. The van der Waals surface area contributed by atoms with E-state index in [0.29, 0.717) is 6.07 Å². The number of hydrogen-bond acceptors (Lipinski definition) is 3. The van der Waals surface area contributed by atoms with Crippen molar-refractivity contribution in [2.24, 2.45) is 0 Å². The van der Waals surface area contributed by atoms with Crippen molar-refractivity contribution < 1.29 is 30.8 Å². The van der Waals surface area contributed by atoms with E-state index in [4.69, 9.17) is 13.3 Å². The van der Waals surface area contributed by atoms with E-state index in [1.54, 1.807) is 19.1 Å². The zero-order valence-electron chi connectivity index (χ0n) is 13.2. The normalized spacial score (nSPS) is 12.7. The minimum atomic E-state index is -1.85. The second-order valence-corrected chi connectivity index (χ2v) is 6.44. The average Bonchev–Trinajstić information content (AvgIpc) is 2.60. The molecule has 0 aliphatic heterocycles. The molecule has 0 amide bonds. The molecule has 0 aliphatic carbocycles. The Morgan fingerprint density at radius 2 is 1.46 bits per heavy atom. The largest absolute Gasteiger partial charge is 0.577 e. The van der Waals surface area contributed by atoms with Crippen LogP contribution in [-0.4, -0.2) is 23.7 Å². The average molecular weight is 359 g/mol. The number of halogens is 4. The second-order valence-electron chi connectivity index (χ2n) is 4.89. The van der Waals surface area contributed by atoms with Crippen LogP contribution in [0.25, 0.3) is 11.1 Å². The van der Waals surface area contributed by atoms with Gasteiger partial charge in [0.25, 0.3) is 0 Å². The summed E-state index contributed by atoms with van der Waals surface area (Å²) in [6.07, 6.45) is -0.362. The van der Waals surface area contributed by atoms with Gasteiger partial charge in [-0.05, 0) is 24.1 Å². The highest BCUT2D eigenvalue weighted by Crippen LogP contribution is 2.29. The van der Waals surface area contributed by atoms with Crippen molar-refractivity contribution in [1.82, 2.24) is 0 Å². The van der Waals surface area contributed by atoms with E-state index in [1.807, 2.05) is 0 Å². The number of benzene rings is 2. The summed E-state index contributed by atoms with van der Waals surface area (Å²) in [4.78, 5) is 0. The standard InChI is InChI=1S/C16H15F4O3Si/c1-9(23-24(21-2)22-3)10-4-6-11(7-5-10)12-8-13(17)15(19)16(20)14(12)18/h4-9H,1-3H3. The molecule has 0 aromatic heterocycles. The van der Waals surface area contributed by atoms with E-state index >= 15 is 0 Å². The Bertz CT molecular complexity index is 705. The fraction of sp³-hybridized carbons (Fsp3) is 0.250. The molecule has 1 radical (unpaired) electrons. The third-order valence-corrected chi connectivity index (χ3v) is 4.61. The Morgan fingerprint density at radius 3 is 2.00 bits per heavy atom. The lowest BCUT2D eigenvalue weighted by atomic mass is 10.0. The third kappa shape index (κ3) is 3.84. The van der Waals surface area contributed by atoms with Crippen LogP contribution in [0.15, 0.2) is 30.3 Å². The van der Waals surface area contributed by atoms with Crippen LogP contribution in [-0.2, 0) is 13.3 Å². The lowest BCUT2D eigenvalue weighted by Gasteiger charge is -2.17. The van der Waals surface area contributed by atoms with Gasteiger partial charge >= 0.3 is 9.53 Å². The summed E-state index contributed by atoms with van der Waals surface area (Å²) in [6, 6.07) is 6.79. The molecule has 0 heterocycles. The maximum atomic E-state index is 13.8. The predicted octanol–water partition coefficient (Wildman–Crippen LogP) is 4.27. The van der Waals surface area contributed by atoms with Crippen molar-refractivity contribution in [2.45, 2.75) is 13.0 Å². The van der Waals surface area contributed by atoms with Gasteiger partial charge in [0.1, 0.15) is 0 Å². The highest BCUT2D eigenvalue weighted by Gasteiger charge is 2.22. The van der Waals surface area contributed by atoms with Gasteiger partial charge in [-0.1, -0.05) is 24.3 Å². The van der Waals surface area contributed by atoms with Gasteiger partial charge in [0.05, 0.1) is 6.10 Å². The SMILES string of the molecule is CO[Si](OC)OC(C)c1ccc(-c2cc(F)c(F)c(F)c2F)cc1. The molecular formula is C16H15F4O3Si. The smallest absolute Gasteiger partial charge is 0.375 e. The lowest BCUT2D eigenvalue weighted by molar-refractivity contribution is 0.0951. The van der Waals surface area contributed by atoms with Crippen LogP contribution < -0.4 is 0 Å². The molecule has 3 nitrogen and oxygen atoms in total. The first-order chi connectivity index (χ1) is 11.4. The van der Waals surface area contributed by atoms with Crippen LogP contribution in [0.1, 0.15) is 18.6 Å². The van der Waals surface area contributed by atoms with Crippen LogP contribution in [0.3, 0.4) is 0 Å². The molecule has 0 aliphatic rings. The summed E-state index contributed by atoms with van der Waals surface area (Å²) in [5.74, 6) is -6.55. The molecule has 0 fully saturated rings. The fourth-order valence-corrected chi connectivity index (χ4v) is 2.89. The molecule has 2 aromatic rings. The Hall–Kier alpha value is -1.74. The Labute approximate surface area is 138 Å². The molecule has 129 valence electrons. The van der Waals surface area contributed by atoms with Gasteiger partial charge in [-0.3, -0.25) is 0 Å². The topological polar surface area (TPSA) is 27.7 Å². The quantitative estimate of drug-likeness (QED) is 0.334. The summed E-state index contributed by atoms with van der Waals surface area (Å²) in [5.41, 5.74) is 0.592. The first kappa shape index (κ1) is 18.6. The fourth-order valence-electron chi connectivity index (χ4n) is 2.11. The number of rotatable bonds is 6. The van der Waals surface area contributed by atoms with Gasteiger partial charge in [-0.25, -0.2) is 17.6 Å². The molecule has 8 heteroatoms. The lowest BCUT2D eigenvalue weighted by Crippen LogP contribution is -2.25. The van der Waals surface area contributed by atoms with Crippen LogP contribution in [0, 0.1) is 23.3 Å². The zero-order chi connectivity index (χ0) is 17.9. The molecule has 2 rings (SSSR count). The Kier molecular flexibility index (Phi) is 6.11. The van der Waals surface area contributed by atoms with E-state index in [2.05, 4.69) is 0 Å². The van der Waals surface area contributed by atoms with E-state index in [1.165, 1.54) is 26.4 Å². The minimum absolute atomic E-state index is 0.213. The molecule has 0 N–H and O–H groups in total. The van der Waals surface area contributed by atoms with Crippen molar-refractivity contribution in [1.29, 1.82) is 0 Å².